The Kier molecular flexibility index (Phi) is 8.80. The fraction of sp³-hybridized carbons (Fsp3) is 0.529. The van der Waals surface area contributed by atoms with Crippen molar-refractivity contribution >= 4 is 11.9 Å². The summed E-state index contributed by atoms with van der Waals surface area (Å²) in [5.41, 5.74) is 1.19. The van der Waals surface area contributed by atoms with Gasteiger partial charge in [0.15, 0.2) is 0 Å². The largest absolute Gasteiger partial charge is 0.393 e. The maximum Gasteiger partial charge on any atom is 0.317 e. The van der Waals surface area contributed by atoms with Crippen molar-refractivity contribution in [2.75, 3.05) is 0 Å². The molecule has 1 aromatic rings. The van der Waals surface area contributed by atoms with Gasteiger partial charge < -0.3 is 4.74 Å². The Morgan fingerprint density at radius 1 is 1.05 bits per heavy atom. The highest BCUT2D eigenvalue weighted by molar-refractivity contribution is 5.96. The third kappa shape index (κ3) is 4.19. The number of benzene rings is 1. The smallest absolute Gasteiger partial charge is 0.317 e. The minimum absolute atomic E-state index is 0. The Hall–Kier alpha value is -1.64. The molecule has 0 aliphatic carbocycles. The molecule has 3 nitrogen and oxygen atoms in total. The maximum atomic E-state index is 11.5. The lowest BCUT2D eigenvalue weighted by Gasteiger charge is -2.16. The summed E-state index contributed by atoms with van der Waals surface area (Å²) in [5, 5.41) is 0. The van der Waals surface area contributed by atoms with E-state index in [-0.39, 0.29) is 52.0 Å². The van der Waals surface area contributed by atoms with Crippen molar-refractivity contribution in [2.45, 2.75) is 48.5 Å². The van der Waals surface area contributed by atoms with Crippen molar-refractivity contribution < 1.29 is 14.3 Å². The van der Waals surface area contributed by atoms with Crippen LogP contribution in [0, 0.1) is 11.8 Å². The molecule has 0 spiro atoms. The van der Waals surface area contributed by atoms with Crippen LogP contribution in [0.1, 0.15) is 54.0 Å². The van der Waals surface area contributed by atoms with E-state index in [1.807, 2.05) is 30.3 Å². The summed E-state index contributed by atoms with van der Waals surface area (Å²) < 4.78 is 4.64. The molecule has 1 saturated heterocycles. The summed E-state index contributed by atoms with van der Waals surface area (Å²) in [6.45, 7) is 3.83. The van der Waals surface area contributed by atoms with Crippen molar-refractivity contribution in [2.24, 2.45) is 11.8 Å². The predicted molar refractivity (Wildman–Crippen MR) is 83.4 cm³/mol. The number of hydrogen-bond donors (Lipinski definition) is 0. The lowest BCUT2D eigenvalue weighted by molar-refractivity contribution is -0.153. The molecule has 114 valence electrons. The van der Waals surface area contributed by atoms with Crippen molar-refractivity contribution in [3.63, 3.8) is 0 Å². The van der Waals surface area contributed by atoms with Gasteiger partial charge >= 0.3 is 11.9 Å². The molecule has 3 atom stereocenters. The van der Waals surface area contributed by atoms with Crippen LogP contribution in [0.5, 0.6) is 0 Å². The Balaban J connectivity index is 0. The molecule has 1 fully saturated rings. The number of cyclic esters (lactones) is 2. The molecular weight excluding hydrogens is 252 g/mol. The van der Waals surface area contributed by atoms with Crippen LogP contribution < -0.4 is 0 Å². The SMILES string of the molecule is C.C.C.CC(CC1C(=O)OC(=O)C1C)c1ccccc1. The van der Waals surface area contributed by atoms with Gasteiger partial charge in [0.05, 0.1) is 11.8 Å². The van der Waals surface area contributed by atoms with Gasteiger partial charge in [-0.15, -0.1) is 0 Å². The normalized spacial score (nSPS) is 21.9. The van der Waals surface area contributed by atoms with E-state index in [2.05, 4.69) is 11.7 Å². The van der Waals surface area contributed by atoms with Gasteiger partial charge in [-0.1, -0.05) is 66.5 Å². The summed E-state index contributed by atoms with van der Waals surface area (Å²) in [5.74, 6) is -1.11. The average Bonchev–Trinajstić information content (AvgIpc) is 2.57. The monoisotopic (exact) mass is 280 g/mol. The highest BCUT2D eigenvalue weighted by Crippen LogP contribution is 2.32. The van der Waals surface area contributed by atoms with Gasteiger partial charge in [0.25, 0.3) is 0 Å². The van der Waals surface area contributed by atoms with Crippen molar-refractivity contribution in [1.29, 1.82) is 0 Å². The molecule has 0 saturated carbocycles. The number of ether oxygens (including phenoxy) is 1. The van der Waals surface area contributed by atoms with E-state index in [4.69, 9.17) is 0 Å². The van der Waals surface area contributed by atoms with Crippen molar-refractivity contribution in [3.8, 4) is 0 Å². The number of hydrogen-bond acceptors (Lipinski definition) is 3. The first kappa shape index (κ1) is 20.7. The summed E-state index contributed by atoms with van der Waals surface area (Å²) in [7, 11) is 0. The van der Waals surface area contributed by atoms with Crippen LogP contribution in [0.15, 0.2) is 30.3 Å². The summed E-state index contributed by atoms with van der Waals surface area (Å²) in [4.78, 5) is 22.8. The first-order valence-corrected chi connectivity index (χ1v) is 5.90. The summed E-state index contributed by atoms with van der Waals surface area (Å²) >= 11 is 0. The molecule has 1 aliphatic heterocycles. The Morgan fingerprint density at radius 3 is 2.05 bits per heavy atom. The van der Waals surface area contributed by atoms with Crippen LogP contribution in [0.4, 0.5) is 0 Å². The average molecular weight is 280 g/mol. The van der Waals surface area contributed by atoms with Gasteiger partial charge in [-0.3, -0.25) is 9.59 Å². The molecule has 1 heterocycles. The minimum Gasteiger partial charge on any atom is -0.393 e. The van der Waals surface area contributed by atoms with E-state index < -0.39 is 0 Å². The second-order valence-electron chi connectivity index (χ2n) is 4.68. The maximum absolute atomic E-state index is 11.5. The van der Waals surface area contributed by atoms with Gasteiger partial charge in [0.1, 0.15) is 0 Å². The van der Waals surface area contributed by atoms with Crippen LogP contribution in [0.25, 0.3) is 0 Å². The quantitative estimate of drug-likeness (QED) is 0.608. The van der Waals surface area contributed by atoms with E-state index in [1.165, 1.54) is 5.56 Å². The standard InChI is InChI=1S/C14H16O3.3CH4/c1-9(11-6-4-3-5-7-11)8-12-10(2)13(15)17-14(12)16;;;/h3-7,9-10,12H,8H2,1-2H3;3*1H4. The Bertz CT molecular complexity index is 425. The van der Waals surface area contributed by atoms with Crippen molar-refractivity contribution in [3.05, 3.63) is 35.9 Å². The Morgan fingerprint density at radius 2 is 1.60 bits per heavy atom. The van der Waals surface area contributed by atoms with Crippen LogP contribution in [-0.2, 0) is 14.3 Å². The Labute approximate surface area is 123 Å². The molecule has 3 heteroatoms. The zero-order valence-electron chi connectivity index (χ0n) is 10.1. The second kappa shape index (κ2) is 8.51. The molecule has 0 amide bonds. The second-order valence-corrected chi connectivity index (χ2v) is 4.68. The molecule has 1 aromatic carbocycles. The van der Waals surface area contributed by atoms with E-state index in [0.717, 1.165) is 0 Å². The fourth-order valence-corrected chi connectivity index (χ4v) is 2.24. The van der Waals surface area contributed by atoms with E-state index >= 15 is 0 Å². The molecular formula is C17H28O3. The van der Waals surface area contributed by atoms with E-state index in [1.54, 1.807) is 6.92 Å². The number of rotatable bonds is 3. The highest BCUT2D eigenvalue weighted by Gasteiger charge is 2.41. The molecule has 20 heavy (non-hydrogen) atoms. The number of esters is 2. The van der Waals surface area contributed by atoms with Crippen LogP contribution >= 0.6 is 0 Å². The topological polar surface area (TPSA) is 43.4 Å². The van der Waals surface area contributed by atoms with E-state index in [9.17, 15) is 9.59 Å². The third-order valence-electron chi connectivity index (χ3n) is 3.46. The van der Waals surface area contributed by atoms with Crippen molar-refractivity contribution in [1.82, 2.24) is 0 Å². The summed E-state index contributed by atoms with van der Waals surface area (Å²) in [6, 6.07) is 10.0. The molecule has 2 rings (SSSR count). The molecule has 3 unspecified atom stereocenters. The molecule has 0 N–H and O–H groups in total. The molecule has 0 aromatic heterocycles. The highest BCUT2D eigenvalue weighted by atomic mass is 16.6. The van der Waals surface area contributed by atoms with Crippen LogP contribution in [0.2, 0.25) is 0 Å². The van der Waals surface area contributed by atoms with Crippen LogP contribution in [-0.4, -0.2) is 11.9 Å². The zero-order chi connectivity index (χ0) is 12.4. The molecule has 1 aliphatic rings. The lowest BCUT2D eigenvalue weighted by Crippen LogP contribution is -2.17. The van der Waals surface area contributed by atoms with Gasteiger partial charge in [-0.2, -0.15) is 0 Å². The van der Waals surface area contributed by atoms with Gasteiger partial charge in [-0.05, 0) is 17.9 Å². The minimum atomic E-state index is -0.389. The first-order chi connectivity index (χ1) is 8.09. The van der Waals surface area contributed by atoms with Crippen LogP contribution in [0.3, 0.4) is 0 Å². The first-order valence-electron chi connectivity index (χ1n) is 5.90. The van der Waals surface area contributed by atoms with E-state index in [0.29, 0.717) is 6.42 Å². The number of carbonyl (C=O) groups excluding carboxylic acids is 2. The lowest BCUT2D eigenvalue weighted by atomic mass is 9.85. The molecule has 0 radical (unpaired) electrons. The fourth-order valence-electron chi connectivity index (χ4n) is 2.24. The summed E-state index contributed by atoms with van der Waals surface area (Å²) in [6.07, 6.45) is 0.662. The number of carbonyl (C=O) groups is 2. The van der Waals surface area contributed by atoms with Gasteiger partial charge in [0, 0.05) is 0 Å². The van der Waals surface area contributed by atoms with Gasteiger partial charge in [0.2, 0.25) is 0 Å². The third-order valence-corrected chi connectivity index (χ3v) is 3.46. The zero-order valence-corrected chi connectivity index (χ0v) is 10.1. The molecule has 0 bridgehead atoms. The van der Waals surface area contributed by atoms with Gasteiger partial charge in [-0.25, -0.2) is 0 Å². The predicted octanol–water partition coefficient (Wildman–Crippen LogP) is 4.42.